The summed E-state index contributed by atoms with van der Waals surface area (Å²) in [6.07, 6.45) is -2.44. The molecular formula is C13H16N2O4. The van der Waals surface area contributed by atoms with Crippen LogP contribution in [0.3, 0.4) is 0 Å². The summed E-state index contributed by atoms with van der Waals surface area (Å²) in [4.78, 5) is 10.8. The highest BCUT2D eigenvalue weighted by molar-refractivity contribution is 5.72. The zero-order chi connectivity index (χ0) is 14.4. The predicted octanol–water partition coefficient (Wildman–Crippen LogP) is 0.0973. The molecule has 6 nitrogen and oxygen atoms in total. The monoisotopic (exact) mass is 264 g/mol. The van der Waals surface area contributed by atoms with Crippen molar-refractivity contribution in [2.75, 3.05) is 13.7 Å². The number of carbonyl (C=O) groups is 1. The summed E-state index contributed by atoms with van der Waals surface area (Å²) in [7, 11) is 1.43. The van der Waals surface area contributed by atoms with Gasteiger partial charge in [0.05, 0.1) is 18.7 Å². The Labute approximate surface area is 111 Å². The fraction of sp³-hybridized carbons (Fsp3) is 0.385. The molecule has 2 atom stereocenters. The van der Waals surface area contributed by atoms with Gasteiger partial charge in [-0.15, -0.1) is 0 Å². The van der Waals surface area contributed by atoms with Crippen LogP contribution in [0, 0.1) is 11.3 Å². The normalized spacial score (nSPS) is 13.2. The minimum Gasteiger partial charge on any atom is -0.496 e. The molecule has 2 unspecified atom stereocenters. The number of benzene rings is 1. The second-order valence-corrected chi connectivity index (χ2v) is 4.02. The number of nitrogens with zero attached hydrogens (tertiary/aromatic N) is 1. The van der Waals surface area contributed by atoms with Gasteiger partial charge in [-0.05, 0) is 18.2 Å². The predicted molar refractivity (Wildman–Crippen MR) is 67.4 cm³/mol. The molecule has 0 radical (unpaired) electrons. The van der Waals surface area contributed by atoms with Gasteiger partial charge in [-0.25, -0.2) is 0 Å². The van der Waals surface area contributed by atoms with Crippen molar-refractivity contribution in [1.29, 1.82) is 5.26 Å². The molecule has 6 heteroatoms. The van der Waals surface area contributed by atoms with Gasteiger partial charge in [-0.3, -0.25) is 4.79 Å². The first-order valence-corrected chi connectivity index (χ1v) is 5.68. The Morgan fingerprint density at radius 3 is 2.74 bits per heavy atom. The maximum absolute atomic E-state index is 10.8. The van der Waals surface area contributed by atoms with Crippen LogP contribution in [0.1, 0.15) is 24.2 Å². The Morgan fingerprint density at radius 2 is 2.21 bits per heavy atom. The van der Waals surface area contributed by atoms with E-state index in [1.54, 1.807) is 12.1 Å². The van der Waals surface area contributed by atoms with Crippen LogP contribution in [0.5, 0.6) is 5.75 Å². The number of aliphatic hydroxyl groups excluding tert-OH is 2. The van der Waals surface area contributed by atoms with Crippen LogP contribution in [0.15, 0.2) is 18.2 Å². The molecule has 0 aliphatic heterocycles. The summed E-state index contributed by atoms with van der Waals surface area (Å²) in [6.45, 7) is 1.23. The SMILES string of the molecule is COc1ccc(C#N)cc1C(O)C(O)CNC(C)=O. The smallest absolute Gasteiger partial charge is 0.216 e. The van der Waals surface area contributed by atoms with Crippen molar-refractivity contribution in [2.45, 2.75) is 19.1 Å². The third-order valence-corrected chi connectivity index (χ3v) is 2.60. The number of nitrogens with one attached hydrogen (secondary N) is 1. The van der Waals surface area contributed by atoms with Crippen LogP contribution in [-0.4, -0.2) is 35.9 Å². The van der Waals surface area contributed by atoms with E-state index in [0.29, 0.717) is 16.9 Å². The third-order valence-electron chi connectivity index (χ3n) is 2.60. The number of hydrogen-bond donors (Lipinski definition) is 3. The first kappa shape index (κ1) is 15.0. The zero-order valence-corrected chi connectivity index (χ0v) is 10.8. The van der Waals surface area contributed by atoms with Gasteiger partial charge in [0.1, 0.15) is 18.0 Å². The first-order chi connectivity index (χ1) is 8.99. The van der Waals surface area contributed by atoms with Gasteiger partial charge >= 0.3 is 0 Å². The molecule has 1 aromatic carbocycles. The molecular weight excluding hydrogens is 248 g/mol. The number of nitriles is 1. The highest BCUT2D eigenvalue weighted by atomic mass is 16.5. The van der Waals surface area contributed by atoms with E-state index < -0.39 is 12.2 Å². The van der Waals surface area contributed by atoms with E-state index >= 15 is 0 Å². The number of amides is 1. The van der Waals surface area contributed by atoms with E-state index in [4.69, 9.17) is 10.00 Å². The Bertz CT molecular complexity index is 496. The number of rotatable bonds is 5. The molecule has 19 heavy (non-hydrogen) atoms. The Hall–Kier alpha value is -2.10. The summed E-state index contributed by atoms with van der Waals surface area (Å²) in [5.41, 5.74) is 0.654. The van der Waals surface area contributed by atoms with Crippen molar-refractivity contribution in [1.82, 2.24) is 5.32 Å². The minimum atomic E-state index is -1.25. The molecule has 1 aromatic rings. The molecule has 0 bridgehead atoms. The molecule has 0 saturated heterocycles. The maximum atomic E-state index is 10.8. The average Bonchev–Trinajstić information content (AvgIpc) is 2.42. The largest absolute Gasteiger partial charge is 0.496 e. The van der Waals surface area contributed by atoms with Crippen molar-refractivity contribution in [3.63, 3.8) is 0 Å². The van der Waals surface area contributed by atoms with Crippen LogP contribution in [0.2, 0.25) is 0 Å². The lowest BCUT2D eigenvalue weighted by Crippen LogP contribution is -2.34. The van der Waals surface area contributed by atoms with Gasteiger partial charge in [0.25, 0.3) is 0 Å². The van der Waals surface area contributed by atoms with Crippen molar-refractivity contribution in [2.24, 2.45) is 0 Å². The Balaban J connectivity index is 2.93. The number of carbonyl (C=O) groups excluding carboxylic acids is 1. The fourth-order valence-corrected chi connectivity index (χ4v) is 1.60. The third kappa shape index (κ3) is 3.95. The average molecular weight is 264 g/mol. The fourth-order valence-electron chi connectivity index (χ4n) is 1.60. The summed E-state index contributed by atoms with van der Waals surface area (Å²) in [5.74, 6) is 0.0670. The van der Waals surface area contributed by atoms with E-state index in [1.165, 1.54) is 20.1 Å². The quantitative estimate of drug-likeness (QED) is 0.699. The second kappa shape index (κ2) is 6.73. The second-order valence-electron chi connectivity index (χ2n) is 4.02. The topological polar surface area (TPSA) is 103 Å². The summed E-state index contributed by atoms with van der Waals surface area (Å²) < 4.78 is 5.07. The van der Waals surface area contributed by atoms with E-state index in [1.807, 2.05) is 6.07 Å². The molecule has 1 rings (SSSR count). The number of hydrogen-bond acceptors (Lipinski definition) is 5. The van der Waals surface area contributed by atoms with Crippen LogP contribution < -0.4 is 10.1 Å². The lowest BCUT2D eigenvalue weighted by atomic mass is 10.0. The molecule has 1 amide bonds. The van der Waals surface area contributed by atoms with Crippen molar-refractivity contribution in [3.8, 4) is 11.8 Å². The Morgan fingerprint density at radius 1 is 1.53 bits per heavy atom. The standard InChI is InChI=1S/C13H16N2O4/c1-8(16)15-7-11(17)13(18)10-5-9(6-14)3-4-12(10)19-2/h3-5,11,13,17-18H,7H2,1-2H3,(H,15,16). The van der Waals surface area contributed by atoms with E-state index in [-0.39, 0.29) is 12.5 Å². The highest BCUT2D eigenvalue weighted by Gasteiger charge is 2.22. The van der Waals surface area contributed by atoms with Gasteiger partial charge in [0.15, 0.2) is 0 Å². The van der Waals surface area contributed by atoms with Gasteiger partial charge in [-0.2, -0.15) is 5.26 Å². The van der Waals surface area contributed by atoms with E-state index in [2.05, 4.69) is 5.32 Å². The highest BCUT2D eigenvalue weighted by Crippen LogP contribution is 2.28. The van der Waals surface area contributed by atoms with Crippen LogP contribution >= 0.6 is 0 Å². The number of ether oxygens (including phenoxy) is 1. The lowest BCUT2D eigenvalue weighted by Gasteiger charge is -2.20. The molecule has 0 fully saturated rings. The molecule has 0 aliphatic rings. The molecule has 102 valence electrons. The lowest BCUT2D eigenvalue weighted by molar-refractivity contribution is -0.119. The number of aliphatic hydroxyl groups is 2. The summed E-state index contributed by atoms with van der Waals surface area (Å²) >= 11 is 0. The van der Waals surface area contributed by atoms with E-state index in [9.17, 15) is 15.0 Å². The first-order valence-electron chi connectivity index (χ1n) is 5.68. The molecule has 0 aromatic heterocycles. The Kier molecular flexibility index (Phi) is 5.30. The zero-order valence-electron chi connectivity index (χ0n) is 10.8. The number of methoxy groups -OCH3 is 1. The van der Waals surface area contributed by atoms with E-state index in [0.717, 1.165) is 0 Å². The van der Waals surface area contributed by atoms with Crippen LogP contribution in [0.4, 0.5) is 0 Å². The molecule has 0 spiro atoms. The maximum Gasteiger partial charge on any atom is 0.216 e. The van der Waals surface area contributed by atoms with Gasteiger partial charge in [0.2, 0.25) is 5.91 Å². The van der Waals surface area contributed by atoms with Crippen molar-refractivity contribution >= 4 is 5.91 Å². The summed E-state index contributed by atoms with van der Waals surface area (Å²) in [6, 6.07) is 6.48. The van der Waals surface area contributed by atoms with Gasteiger partial charge in [0, 0.05) is 19.0 Å². The molecule has 0 heterocycles. The van der Waals surface area contributed by atoms with Crippen LogP contribution in [0.25, 0.3) is 0 Å². The van der Waals surface area contributed by atoms with Gasteiger partial charge in [-0.1, -0.05) is 0 Å². The van der Waals surface area contributed by atoms with Crippen LogP contribution in [-0.2, 0) is 4.79 Å². The van der Waals surface area contributed by atoms with Crippen molar-refractivity contribution < 1.29 is 19.7 Å². The van der Waals surface area contributed by atoms with Crippen molar-refractivity contribution in [3.05, 3.63) is 29.3 Å². The molecule has 0 aliphatic carbocycles. The molecule has 0 saturated carbocycles. The minimum absolute atomic E-state index is 0.0869. The molecule has 3 N–H and O–H groups in total. The van der Waals surface area contributed by atoms with Gasteiger partial charge < -0.3 is 20.3 Å². The summed E-state index contributed by atoms with van der Waals surface area (Å²) in [5, 5.41) is 31.1.